The number of aromatic nitrogens is 1. The first-order valence-electron chi connectivity index (χ1n) is 10.6. The van der Waals surface area contributed by atoms with Crippen molar-refractivity contribution in [1.82, 2.24) is 15.6 Å². The predicted octanol–water partition coefficient (Wildman–Crippen LogP) is 3.21. The summed E-state index contributed by atoms with van der Waals surface area (Å²) in [6.45, 7) is 3.04. The molecule has 1 heterocycles. The van der Waals surface area contributed by atoms with Crippen LogP contribution in [0.25, 0.3) is 0 Å². The highest BCUT2D eigenvalue weighted by atomic mass is 33.1. The van der Waals surface area contributed by atoms with E-state index in [1.165, 1.54) is 32.9 Å². The van der Waals surface area contributed by atoms with E-state index in [0.29, 0.717) is 31.1 Å². The number of aryl methyl sites for hydroxylation is 1. The molecular formula is C20H32N4O5S3. The van der Waals surface area contributed by atoms with Crippen molar-refractivity contribution in [3.05, 3.63) is 11.1 Å². The van der Waals surface area contributed by atoms with E-state index in [2.05, 4.69) is 20.9 Å². The van der Waals surface area contributed by atoms with E-state index in [-0.39, 0.29) is 35.6 Å². The predicted molar refractivity (Wildman–Crippen MR) is 131 cm³/mol. The van der Waals surface area contributed by atoms with Crippen LogP contribution in [0.2, 0.25) is 0 Å². The van der Waals surface area contributed by atoms with Crippen molar-refractivity contribution in [2.45, 2.75) is 58.3 Å². The summed E-state index contributed by atoms with van der Waals surface area (Å²) in [6.07, 6.45) is 6.88. The van der Waals surface area contributed by atoms with Gasteiger partial charge in [-0.3, -0.25) is 19.2 Å². The Bertz CT molecular complexity index is 730. The lowest BCUT2D eigenvalue weighted by Gasteiger charge is -2.06. The van der Waals surface area contributed by atoms with Crippen LogP contribution in [0, 0.1) is 6.92 Å². The maximum Gasteiger partial charge on any atom is 0.303 e. The van der Waals surface area contributed by atoms with Crippen LogP contribution in [0.15, 0.2) is 6.20 Å². The van der Waals surface area contributed by atoms with Gasteiger partial charge in [-0.2, -0.15) is 0 Å². The minimum absolute atomic E-state index is 0.0426. The molecule has 0 bridgehead atoms. The molecule has 3 amide bonds. The number of nitrogens with one attached hydrogen (secondary N) is 3. The van der Waals surface area contributed by atoms with Gasteiger partial charge in [0.05, 0.1) is 11.5 Å². The molecule has 0 aliphatic carbocycles. The molecule has 0 unspecified atom stereocenters. The smallest absolute Gasteiger partial charge is 0.303 e. The number of carboxylic acids is 1. The van der Waals surface area contributed by atoms with Crippen LogP contribution in [-0.4, -0.2) is 58.4 Å². The molecular weight excluding hydrogens is 472 g/mol. The fourth-order valence-corrected chi connectivity index (χ4v) is 4.92. The Balaban J connectivity index is 1.89. The van der Waals surface area contributed by atoms with E-state index in [1.54, 1.807) is 6.20 Å². The maximum atomic E-state index is 11.8. The Hall–Kier alpha value is -1.79. The molecule has 180 valence electrons. The molecule has 12 heteroatoms. The molecule has 1 aromatic rings. The van der Waals surface area contributed by atoms with Crippen molar-refractivity contribution >= 4 is 61.7 Å². The first-order chi connectivity index (χ1) is 15.4. The molecule has 0 saturated heterocycles. The largest absolute Gasteiger partial charge is 0.481 e. The number of nitrogens with zero attached hydrogens (tertiary/aromatic N) is 1. The molecule has 1 rings (SSSR count). The molecule has 0 aliphatic rings. The molecule has 0 fully saturated rings. The lowest BCUT2D eigenvalue weighted by atomic mass is 10.2. The van der Waals surface area contributed by atoms with E-state index < -0.39 is 5.97 Å². The highest BCUT2D eigenvalue weighted by Gasteiger charge is 2.07. The zero-order valence-corrected chi connectivity index (χ0v) is 20.8. The summed E-state index contributed by atoms with van der Waals surface area (Å²) in [5.74, 6) is -0.445. The van der Waals surface area contributed by atoms with Crippen LogP contribution in [-0.2, 0) is 19.2 Å². The summed E-state index contributed by atoms with van der Waals surface area (Å²) in [6, 6.07) is 0. The summed E-state index contributed by atoms with van der Waals surface area (Å²) in [7, 11) is 2.67. The maximum absolute atomic E-state index is 11.8. The number of anilines is 1. The number of amides is 3. The van der Waals surface area contributed by atoms with Gasteiger partial charge in [0.15, 0.2) is 5.13 Å². The van der Waals surface area contributed by atoms with Gasteiger partial charge in [-0.25, -0.2) is 4.98 Å². The number of aliphatic carboxylic acids is 1. The van der Waals surface area contributed by atoms with Crippen molar-refractivity contribution in [3.8, 4) is 0 Å². The van der Waals surface area contributed by atoms with E-state index in [1.807, 2.05) is 6.92 Å². The van der Waals surface area contributed by atoms with Gasteiger partial charge in [-0.15, -0.1) is 11.3 Å². The Morgan fingerprint density at radius 1 is 0.875 bits per heavy atom. The quantitative estimate of drug-likeness (QED) is 0.177. The van der Waals surface area contributed by atoms with E-state index in [9.17, 15) is 19.2 Å². The third kappa shape index (κ3) is 15.9. The Morgan fingerprint density at radius 3 is 1.94 bits per heavy atom. The number of carbonyl (C=O) groups excluding carboxylic acids is 3. The first-order valence-corrected chi connectivity index (χ1v) is 13.9. The molecule has 0 aromatic carbocycles. The second kappa shape index (κ2) is 17.7. The minimum atomic E-state index is -0.797. The van der Waals surface area contributed by atoms with Gasteiger partial charge in [-0.05, 0) is 32.6 Å². The van der Waals surface area contributed by atoms with Crippen molar-refractivity contribution in [2.75, 3.05) is 29.9 Å². The van der Waals surface area contributed by atoms with E-state index >= 15 is 0 Å². The van der Waals surface area contributed by atoms with E-state index in [0.717, 1.165) is 37.0 Å². The standard InChI is InChI=1S/C20H32N4O5S3/c1-15-12-23-20(32-15)24-16(25)8-4-2-6-10-21-17(26)13-30-31-14-18(27)22-11-7-3-5-9-19(28)29/h12H,2-11,13-14H2,1H3,(H,21,26)(H,22,27)(H,28,29)(H,23,24,25). The highest BCUT2D eigenvalue weighted by Crippen LogP contribution is 2.20. The third-order valence-corrected chi connectivity index (χ3v) is 7.09. The third-order valence-electron chi connectivity index (χ3n) is 4.12. The van der Waals surface area contributed by atoms with Gasteiger partial charge in [0.25, 0.3) is 0 Å². The lowest BCUT2D eigenvalue weighted by Crippen LogP contribution is -2.27. The molecule has 9 nitrogen and oxygen atoms in total. The lowest BCUT2D eigenvalue weighted by molar-refractivity contribution is -0.137. The van der Waals surface area contributed by atoms with Crippen molar-refractivity contribution in [2.24, 2.45) is 0 Å². The van der Waals surface area contributed by atoms with Crippen molar-refractivity contribution in [1.29, 1.82) is 0 Å². The number of unbranched alkanes of at least 4 members (excludes halogenated alkanes) is 4. The molecule has 0 atom stereocenters. The average Bonchev–Trinajstić information content (AvgIpc) is 3.14. The van der Waals surface area contributed by atoms with Crippen LogP contribution >= 0.6 is 32.9 Å². The van der Waals surface area contributed by atoms with Gasteiger partial charge >= 0.3 is 5.97 Å². The van der Waals surface area contributed by atoms with Gasteiger partial charge < -0.3 is 21.1 Å². The highest BCUT2D eigenvalue weighted by molar-refractivity contribution is 8.77. The number of carboxylic acid groups (broad SMARTS) is 1. The van der Waals surface area contributed by atoms with E-state index in [4.69, 9.17) is 5.11 Å². The van der Waals surface area contributed by atoms with Gasteiger partial charge in [-0.1, -0.05) is 34.4 Å². The summed E-state index contributed by atoms with van der Waals surface area (Å²) in [5.41, 5.74) is 0. The molecule has 0 saturated carbocycles. The van der Waals surface area contributed by atoms with Crippen LogP contribution < -0.4 is 16.0 Å². The Labute approximate surface area is 200 Å². The van der Waals surface area contributed by atoms with Crippen molar-refractivity contribution < 1.29 is 24.3 Å². The number of hydrogen-bond acceptors (Lipinski definition) is 8. The van der Waals surface area contributed by atoms with Gasteiger partial charge in [0, 0.05) is 37.0 Å². The van der Waals surface area contributed by atoms with Gasteiger partial charge in [0.1, 0.15) is 0 Å². The number of rotatable bonds is 18. The molecule has 0 aliphatic heterocycles. The molecule has 32 heavy (non-hydrogen) atoms. The summed E-state index contributed by atoms with van der Waals surface area (Å²) >= 11 is 1.45. The second-order valence-electron chi connectivity index (χ2n) is 7.06. The fraction of sp³-hybridized carbons (Fsp3) is 0.650. The fourth-order valence-electron chi connectivity index (χ4n) is 2.51. The van der Waals surface area contributed by atoms with Crippen LogP contribution in [0.5, 0.6) is 0 Å². The van der Waals surface area contributed by atoms with Crippen LogP contribution in [0.4, 0.5) is 5.13 Å². The SMILES string of the molecule is Cc1cnc(NC(=O)CCCCCNC(=O)CSSCC(=O)NCCCCCC(=O)O)s1. The van der Waals surface area contributed by atoms with Gasteiger partial charge in [0.2, 0.25) is 17.7 Å². The Kier molecular flexibility index (Phi) is 15.6. The summed E-state index contributed by atoms with van der Waals surface area (Å²) < 4.78 is 0. The summed E-state index contributed by atoms with van der Waals surface area (Å²) in [4.78, 5) is 50.8. The molecule has 1 aromatic heterocycles. The normalized spacial score (nSPS) is 10.5. The zero-order chi connectivity index (χ0) is 23.6. The minimum Gasteiger partial charge on any atom is -0.481 e. The first kappa shape index (κ1) is 28.2. The number of thiazole rings is 1. The Morgan fingerprint density at radius 2 is 1.44 bits per heavy atom. The zero-order valence-electron chi connectivity index (χ0n) is 18.3. The monoisotopic (exact) mass is 504 g/mol. The van der Waals surface area contributed by atoms with Crippen molar-refractivity contribution in [3.63, 3.8) is 0 Å². The van der Waals surface area contributed by atoms with Crippen LogP contribution in [0.1, 0.15) is 56.2 Å². The number of carbonyl (C=O) groups is 4. The topological polar surface area (TPSA) is 137 Å². The molecule has 0 radical (unpaired) electrons. The number of hydrogen-bond donors (Lipinski definition) is 4. The molecule has 4 N–H and O–H groups in total. The second-order valence-corrected chi connectivity index (χ2v) is 10.8. The summed E-state index contributed by atoms with van der Waals surface area (Å²) in [5, 5.41) is 17.6. The average molecular weight is 505 g/mol. The molecule has 0 spiro atoms. The van der Waals surface area contributed by atoms with Crippen LogP contribution in [0.3, 0.4) is 0 Å².